The third-order valence-electron chi connectivity index (χ3n) is 3.21. The number of sulfonamides is 1. The van der Waals surface area contributed by atoms with Crippen LogP contribution in [-0.2, 0) is 19.6 Å². The minimum Gasteiger partial charge on any atom is -0.427 e. The van der Waals surface area contributed by atoms with E-state index in [-0.39, 0.29) is 11.4 Å². The van der Waals surface area contributed by atoms with E-state index in [0.717, 1.165) is 26.0 Å². The van der Waals surface area contributed by atoms with Crippen molar-refractivity contribution in [3.63, 3.8) is 0 Å². The summed E-state index contributed by atoms with van der Waals surface area (Å²) in [5.41, 5.74) is -1.36. The quantitative estimate of drug-likeness (QED) is 0.573. The molecule has 2 N–H and O–H groups in total. The van der Waals surface area contributed by atoms with Gasteiger partial charge in [0.25, 0.3) is 15.9 Å². The molecule has 0 radical (unpaired) electrons. The Morgan fingerprint density at radius 2 is 1.50 bits per heavy atom. The second-order valence-electron chi connectivity index (χ2n) is 5.50. The molecule has 0 atom stereocenters. The molecule has 0 saturated heterocycles. The van der Waals surface area contributed by atoms with Crippen LogP contribution in [0.2, 0.25) is 0 Å². The number of esters is 1. The van der Waals surface area contributed by atoms with Crippen molar-refractivity contribution in [2.75, 3.05) is 5.32 Å². The Kier molecular flexibility index (Phi) is 6.09. The van der Waals surface area contributed by atoms with Crippen LogP contribution < -0.4 is 14.8 Å². The molecule has 11 heteroatoms. The molecule has 8 nitrogen and oxygen atoms in total. The van der Waals surface area contributed by atoms with Crippen LogP contribution in [0.3, 0.4) is 0 Å². The van der Waals surface area contributed by atoms with Gasteiger partial charge in [0, 0.05) is 19.5 Å². The molecule has 148 valence electrons. The highest BCUT2D eigenvalue weighted by molar-refractivity contribution is 7.90. The molecule has 0 bridgehead atoms. The second-order valence-corrected chi connectivity index (χ2v) is 7.18. The Morgan fingerprint density at radius 1 is 0.964 bits per heavy atom. The zero-order chi connectivity index (χ0) is 21.1. The van der Waals surface area contributed by atoms with E-state index in [1.165, 1.54) is 12.1 Å². The maximum Gasteiger partial charge on any atom is 0.308 e. The van der Waals surface area contributed by atoms with Gasteiger partial charge in [0.15, 0.2) is 0 Å². The van der Waals surface area contributed by atoms with Crippen LogP contribution in [0.15, 0.2) is 41.3 Å². The van der Waals surface area contributed by atoms with Crippen LogP contribution in [-0.4, -0.2) is 26.2 Å². The normalized spacial score (nSPS) is 10.9. The first kappa shape index (κ1) is 21.0. The van der Waals surface area contributed by atoms with Gasteiger partial charge in [-0.2, -0.15) is 0 Å². The molecule has 0 unspecified atom stereocenters. The third-order valence-corrected chi connectivity index (χ3v) is 4.56. The lowest BCUT2D eigenvalue weighted by Crippen LogP contribution is -2.32. The number of ether oxygens (including phenoxy) is 1. The van der Waals surface area contributed by atoms with Crippen molar-refractivity contribution in [3.8, 4) is 5.75 Å². The van der Waals surface area contributed by atoms with Crippen LogP contribution >= 0.6 is 0 Å². The van der Waals surface area contributed by atoms with E-state index < -0.39 is 49.9 Å². The average Bonchev–Trinajstić information content (AvgIpc) is 2.52. The van der Waals surface area contributed by atoms with Crippen molar-refractivity contribution in [2.24, 2.45) is 0 Å². The third kappa shape index (κ3) is 5.10. The minimum atomic E-state index is -4.46. The first-order valence-corrected chi connectivity index (χ1v) is 9.10. The second kappa shape index (κ2) is 8.13. The Hall–Kier alpha value is -3.34. The molecule has 0 aromatic heterocycles. The van der Waals surface area contributed by atoms with E-state index in [2.05, 4.69) is 5.32 Å². The van der Waals surface area contributed by atoms with Crippen LogP contribution in [0.25, 0.3) is 0 Å². The van der Waals surface area contributed by atoms with Crippen LogP contribution in [0, 0.1) is 11.6 Å². The van der Waals surface area contributed by atoms with Crippen LogP contribution in [0.4, 0.5) is 14.5 Å². The lowest BCUT2D eigenvalue weighted by Gasteiger charge is -2.10. The Morgan fingerprint density at radius 3 is 1.96 bits per heavy atom. The maximum absolute atomic E-state index is 14.1. The predicted molar refractivity (Wildman–Crippen MR) is 93.1 cm³/mol. The molecular formula is C17H14F2N2O6S. The summed E-state index contributed by atoms with van der Waals surface area (Å²) in [6.45, 7) is 2.28. The molecule has 0 fully saturated rings. The van der Waals surface area contributed by atoms with Crippen LogP contribution in [0.1, 0.15) is 24.2 Å². The highest BCUT2D eigenvalue weighted by Gasteiger charge is 2.24. The minimum absolute atomic E-state index is 0.0726. The Bertz CT molecular complexity index is 1030. The van der Waals surface area contributed by atoms with Crippen molar-refractivity contribution < 1.29 is 36.3 Å². The number of nitrogens with one attached hydrogen (secondary N) is 2. The SMILES string of the molecule is CC(=O)Nc1cc(F)c(C(=O)NS(=O)(=O)c2ccc(OC(C)=O)cc2)c(F)c1. The monoisotopic (exact) mass is 412 g/mol. The van der Waals surface area contributed by atoms with Gasteiger partial charge in [0.1, 0.15) is 22.9 Å². The smallest absolute Gasteiger partial charge is 0.308 e. The lowest BCUT2D eigenvalue weighted by molar-refractivity contribution is -0.131. The van der Waals surface area contributed by atoms with Gasteiger partial charge in [0.05, 0.1) is 4.90 Å². The number of rotatable bonds is 5. The molecular weight excluding hydrogens is 398 g/mol. The predicted octanol–water partition coefficient (Wildman–Crippen LogP) is 1.97. The molecule has 0 saturated carbocycles. The zero-order valence-corrected chi connectivity index (χ0v) is 15.4. The molecule has 2 rings (SSSR count). The molecule has 0 heterocycles. The largest absolute Gasteiger partial charge is 0.427 e. The molecule has 0 aliphatic heterocycles. The van der Waals surface area contributed by atoms with E-state index in [1.807, 2.05) is 0 Å². The summed E-state index contributed by atoms with van der Waals surface area (Å²) in [6.07, 6.45) is 0. The zero-order valence-electron chi connectivity index (χ0n) is 14.6. The van der Waals surface area contributed by atoms with Gasteiger partial charge >= 0.3 is 5.97 Å². The standard InChI is InChI=1S/C17H14F2N2O6S/c1-9(22)20-11-7-14(18)16(15(19)8-11)17(24)21-28(25,26)13-5-3-12(4-6-13)27-10(2)23/h3-8H,1-2H3,(H,20,22)(H,21,24). The highest BCUT2D eigenvalue weighted by Crippen LogP contribution is 2.21. The fourth-order valence-corrected chi connectivity index (χ4v) is 3.11. The van der Waals surface area contributed by atoms with Gasteiger partial charge in [0.2, 0.25) is 5.91 Å². The van der Waals surface area contributed by atoms with Crippen molar-refractivity contribution in [1.29, 1.82) is 0 Å². The van der Waals surface area contributed by atoms with Gasteiger partial charge in [-0.3, -0.25) is 14.4 Å². The summed E-state index contributed by atoms with van der Waals surface area (Å²) in [5, 5.41) is 2.14. The summed E-state index contributed by atoms with van der Waals surface area (Å²) in [5.74, 6) is -5.38. The number of amides is 2. The topological polar surface area (TPSA) is 119 Å². The van der Waals surface area contributed by atoms with Gasteiger partial charge in [-0.05, 0) is 36.4 Å². The molecule has 28 heavy (non-hydrogen) atoms. The van der Waals surface area contributed by atoms with E-state index in [9.17, 15) is 31.6 Å². The number of benzene rings is 2. The molecule has 2 amide bonds. The van der Waals surface area contributed by atoms with Gasteiger partial charge < -0.3 is 10.1 Å². The number of halogens is 2. The maximum atomic E-state index is 14.1. The Labute approximate surface area is 158 Å². The molecule has 0 aliphatic carbocycles. The first-order valence-electron chi connectivity index (χ1n) is 7.62. The fraction of sp³-hybridized carbons (Fsp3) is 0.118. The average molecular weight is 412 g/mol. The molecule has 0 aliphatic rings. The highest BCUT2D eigenvalue weighted by atomic mass is 32.2. The lowest BCUT2D eigenvalue weighted by atomic mass is 10.1. The number of hydrogen-bond donors (Lipinski definition) is 2. The van der Waals surface area contributed by atoms with Crippen molar-refractivity contribution >= 4 is 33.5 Å². The molecule has 0 spiro atoms. The van der Waals surface area contributed by atoms with E-state index in [0.29, 0.717) is 12.1 Å². The summed E-state index contributed by atoms with van der Waals surface area (Å²) < 4.78 is 58.9. The first-order chi connectivity index (χ1) is 13.0. The van der Waals surface area contributed by atoms with E-state index in [1.54, 1.807) is 4.72 Å². The molecule has 2 aromatic rings. The van der Waals surface area contributed by atoms with Crippen LogP contribution in [0.5, 0.6) is 5.75 Å². The summed E-state index contributed by atoms with van der Waals surface area (Å²) in [4.78, 5) is 33.5. The fourth-order valence-electron chi connectivity index (χ4n) is 2.15. The van der Waals surface area contributed by atoms with E-state index in [4.69, 9.17) is 4.74 Å². The van der Waals surface area contributed by atoms with Crippen molar-refractivity contribution in [1.82, 2.24) is 4.72 Å². The summed E-state index contributed by atoms with van der Waals surface area (Å²) >= 11 is 0. The van der Waals surface area contributed by atoms with Crippen molar-refractivity contribution in [2.45, 2.75) is 18.7 Å². The van der Waals surface area contributed by atoms with E-state index >= 15 is 0 Å². The molecule has 2 aromatic carbocycles. The van der Waals surface area contributed by atoms with Gasteiger partial charge in [-0.25, -0.2) is 21.9 Å². The van der Waals surface area contributed by atoms with Gasteiger partial charge in [-0.15, -0.1) is 0 Å². The number of carbonyl (C=O) groups excluding carboxylic acids is 3. The summed E-state index contributed by atoms with van der Waals surface area (Å²) in [6, 6.07) is 5.79. The number of carbonyl (C=O) groups is 3. The Balaban J connectivity index is 2.26. The summed E-state index contributed by atoms with van der Waals surface area (Å²) in [7, 11) is -4.46. The van der Waals surface area contributed by atoms with Crippen molar-refractivity contribution in [3.05, 3.63) is 53.6 Å². The number of anilines is 1. The number of hydrogen-bond acceptors (Lipinski definition) is 6. The van der Waals surface area contributed by atoms with Gasteiger partial charge in [-0.1, -0.05) is 0 Å².